The van der Waals surface area contributed by atoms with Crippen molar-refractivity contribution < 1.29 is 27.4 Å². The largest absolute Gasteiger partial charge is 0.416 e. The summed E-state index contributed by atoms with van der Waals surface area (Å²) in [5, 5.41) is 11.9. The van der Waals surface area contributed by atoms with E-state index in [1.54, 1.807) is 6.92 Å². The number of nitrogens with one attached hydrogen (secondary N) is 1. The minimum absolute atomic E-state index is 0.0318. The average molecular weight is 281 g/mol. The molecule has 0 saturated heterocycles. The van der Waals surface area contributed by atoms with Crippen molar-refractivity contribution in [1.82, 2.24) is 0 Å². The molecule has 0 aliphatic carbocycles. The van der Waals surface area contributed by atoms with E-state index in [0.717, 1.165) is 6.07 Å². The lowest BCUT2D eigenvalue weighted by molar-refractivity contribution is -0.137. The molecular weight excluding hydrogens is 266 g/mol. The molecule has 0 heterocycles. The maximum absolute atomic E-state index is 13.3. The molecule has 0 saturated carbocycles. The topological polar surface area (TPSA) is 41.5 Å². The van der Waals surface area contributed by atoms with Crippen LogP contribution in [0.5, 0.6) is 0 Å². The standard InChI is InChI=1S/C12H15F4NO2/c1-2-19-7-9(18)6-17-11-5-8(12(14,15)16)3-4-10(11)13/h3-5,9,17-18H,2,6-7H2,1H3. The number of rotatable bonds is 6. The Morgan fingerprint density at radius 3 is 2.63 bits per heavy atom. The monoisotopic (exact) mass is 281 g/mol. The zero-order chi connectivity index (χ0) is 14.5. The van der Waals surface area contributed by atoms with Crippen LogP contribution in [0.15, 0.2) is 18.2 Å². The Bertz CT molecular complexity index is 409. The van der Waals surface area contributed by atoms with Crippen LogP contribution in [0, 0.1) is 5.82 Å². The van der Waals surface area contributed by atoms with Crippen molar-refractivity contribution in [2.75, 3.05) is 25.1 Å². The van der Waals surface area contributed by atoms with Gasteiger partial charge in [0.25, 0.3) is 0 Å². The van der Waals surface area contributed by atoms with Gasteiger partial charge in [-0.3, -0.25) is 0 Å². The Hall–Kier alpha value is -1.34. The van der Waals surface area contributed by atoms with E-state index in [0.29, 0.717) is 18.7 Å². The summed E-state index contributed by atoms with van der Waals surface area (Å²) in [6, 6.07) is 2.07. The van der Waals surface area contributed by atoms with Crippen LogP contribution in [0.3, 0.4) is 0 Å². The van der Waals surface area contributed by atoms with Gasteiger partial charge in [0.05, 0.1) is 24.0 Å². The predicted molar refractivity (Wildman–Crippen MR) is 62.4 cm³/mol. The summed E-state index contributed by atoms with van der Waals surface area (Å²) in [5.74, 6) is -0.809. The second kappa shape index (κ2) is 6.72. The first-order valence-corrected chi connectivity index (χ1v) is 5.71. The quantitative estimate of drug-likeness (QED) is 0.788. The van der Waals surface area contributed by atoms with E-state index in [4.69, 9.17) is 4.74 Å². The predicted octanol–water partition coefficient (Wildman–Crippen LogP) is 2.65. The molecule has 0 radical (unpaired) electrons. The SMILES string of the molecule is CCOCC(O)CNc1cc(C(F)(F)F)ccc1F. The number of halogens is 4. The van der Waals surface area contributed by atoms with E-state index in [1.807, 2.05) is 0 Å². The number of benzene rings is 1. The highest BCUT2D eigenvalue weighted by atomic mass is 19.4. The average Bonchev–Trinajstić information content (AvgIpc) is 2.33. The molecule has 0 aliphatic rings. The first kappa shape index (κ1) is 15.7. The lowest BCUT2D eigenvalue weighted by atomic mass is 10.2. The number of aliphatic hydroxyl groups is 1. The number of ether oxygens (including phenoxy) is 1. The zero-order valence-electron chi connectivity index (χ0n) is 10.3. The van der Waals surface area contributed by atoms with Crippen molar-refractivity contribution >= 4 is 5.69 Å². The van der Waals surface area contributed by atoms with Gasteiger partial charge < -0.3 is 15.2 Å². The normalized spacial score (nSPS) is 13.4. The van der Waals surface area contributed by atoms with Crippen molar-refractivity contribution in [2.45, 2.75) is 19.2 Å². The van der Waals surface area contributed by atoms with E-state index in [9.17, 15) is 22.7 Å². The van der Waals surface area contributed by atoms with Gasteiger partial charge in [-0.25, -0.2) is 4.39 Å². The molecule has 2 N–H and O–H groups in total. The Kier molecular flexibility index (Phi) is 5.56. The van der Waals surface area contributed by atoms with Crippen molar-refractivity contribution in [2.24, 2.45) is 0 Å². The molecule has 1 unspecified atom stereocenters. The summed E-state index contributed by atoms with van der Waals surface area (Å²) in [6.07, 6.45) is -5.46. The van der Waals surface area contributed by atoms with Gasteiger partial charge in [-0.15, -0.1) is 0 Å². The van der Waals surface area contributed by atoms with Crippen molar-refractivity contribution in [1.29, 1.82) is 0 Å². The van der Waals surface area contributed by atoms with Crippen LogP contribution < -0.4 is 5.32 Å². The summed E-state index contributed by atoms with van der Waals surface area (Å²) in [4.78, 5) is 0. The van der Waals surface area contributed by atoms with Gasteiger partial charge >= 0.3 is 6.18 Å². The van der Waals surface area contributed by atoms with Crippen molar-refractivity contribution in [3.05, 3.63) is 29.6 Å². The minimum atomic E-state index is -4.53. The lowest BCUT2D eigenvalue weighted by Crippen LogP contribution is -2.25. The fraction of sp³-hybridized carbons (Fsp3) is 0.500. The second-order valence-electron chi connectivity index (χ2n) is 3.89. The Morgan fingerprint density at radius 2 is 2.05 bits per heavy atom. The summed E-state index contributed by atoms with van der Waals surface area (Å²) in [6.45, 7) is 2.09. The van der Waals surface area contributed by atoms with Gasteiger partial charge in [0.1, 0.15) is 5.82 Å². The third kappa shape index (κ3) is 5.04. The third-order valence-corrected chi connectivity index (χ3v) is 2.34. The van der Waals surface area contributed by atoms with Gasteiger partial charge in [-0.05, 0) is 25.1 Å². The van der Waals surface area contributed by atoms with Crippen molar-refractivity contribution in [3.8, 4) is 0 Å². The minimum Gasteiger partial charge on any atom is -0.389 e. The number of hydrogen-bond donors (Lipinski definition) is 2. The molecule has 1 aromatic carbocycles. The molecule has 19 heavy (non-hydrogen) atoms. The van der Waals surface area contributed by atoms with E-state index in [2.05, 4.69) is 5.32 Å². The number of hydrogen-bond acceptors (Lipinski definition) is 3. The van der Waals surface area contributed by atoms with Crippen LogP contribution in [0.2, 0.25) is 0 Å². The fourth-order valence-corrected chi connectivity index (χ4v) is 1.38. The molecule has 1 rings (SSSR count). The van der Waals surface area contributed by atoms with Crippen molar-refractivity contribution in [3.63, 3.8) is 0 Å². The second-order valence-corrected chi connectivity index (χ2v) is 3.89. The van der Waals surface area contributed by atoms with Gasteiger partial charge in [-0.2, -0.15) is 13.2 Å². The molecule has 0 amide bonds. The van der Waals surface area contributed by atoms with Gasteiger partial charge in [0.15, 0.2) is 0 Å². The van der Waals surface area contributed by atoms with E-state index in [1.165, 1.54) is 0 Å². The number of alkyl halides is 3. The zero-order valence-corrected chi connectivity index (χ0v) is 10.3. The molecule has 0 aliphatic heterocycles. The highest BCUT2D eigenvalue weighted by Gasteiger charge is 2.31. The lowest BCUT2D eigenvalue weighted by Gasteiger charge is -2.14. The van der Waals surface area contributed by atoms with E-state index < -0.39 is 23.7 Å². The highest BCUT2D eigenvalue weighted by Crippen LogP contribution is 2.31. The van der Waals surface area contributed by atoms with Gasteiger partial charge in [-0.1, -0.05) is 0 Å². The first-order chi connectivity index (χ1) is 8.84. The molecular formula is C12H15F4NO2. The summed E-state index contributed by atoms with van der Waals surface area (Å²) in [7, 11) is 0. The van der Waals surface area contributed by atoms with Crippen LogP contribution >= 0.6 is 0 Å². The van der Waals surface area contributed by atoms with Crippen LogP contribution in [0.1, 0.15) is 12.5 Å². The Morgan fingerprint density at radius 1 is 1.37 bits per heavy atom. The Labute approximate surface area is 108 Å². The van der Waals surface area contributed by atoms with Crippen LogP contribution in [0.25, 0.3) is 0 Å². The smallest absolute Gasteiger partial charge is 0.389 e. The molecule has 1 aromatic rings. The van der Waals surface area contributed by atoms with Crippen LogP contribution in [0.4, 0.5) is 23.2 Å². The number of anilines is 1. The summed E-state index contributed by atoms with van der Waals surface area (Å²) < 4.78 is 55.6. The summed E-state index contributed by atoms with van der Waals surface area (Å²) >= 11 is 0. The molecule has 3 nitrogen and oxygen atoms in total. The van der Waals surface area contributed by atoms with E-state index in [-0.39, 0.29) is 18.8 Å². The third-order valence-electron chi connectivity index (χ3n) is 2.34. The molecule has 108 valence electrons. The van der Waals surface area contributed by atoms with E-state index >= 15 is 0 Å². The highest BCUT2D eigenvalue weighted by molar-refractivity contribution is 5.48. The molecule has 0 spiro atoms. The fourth-order valence-electron chi connectivity index (χ4n) is 1.38. The van der Waals surface area contributed by atoms with Gasteiger partial charge in [0.2, 0.25) is 0 Å². The Balaban J connectivity index is 2.67. The van der Waals surface area contributed by atoms with Crippen LogP contribution in [-0.2, 0) is 10.9 Å². The molecule has 0 fully saturated rings. The molecule has 1 atom stereocenters. The van der Waals surface area contributed by atoms with Gasteiger partial charge in [0, 0.05) is 13.2 Å². The number of aliphatic hydroxyl groups excluding tert-OH is 1. The first-order valence-electron chi connectivity index (χ1n) is 5.71. The molecule has 0 bridgehead atoms. The molecule has 7 heteroatoms. The maximum Gasteiger partial charge on any atom is 0.416 e. The molecule has 0 aromatic heterocycles. The maximum atomic E-state index is 13.3. The summed E-state index contributed by atoms with van der Waals surface area (Å²) in [5.41, 5.74) is -1.25. The van der Waals surface area contributed by atoms with Crippen LogP contribution in [-0.4, -0.2) is 31.0 Å².